The molecule has 6 heteroatoms. The SMILES string of the molecule is CC1(C)c2ccccc2-c2c(ccc3c4ccccc4n(-c4ccc(-c5nc(-c6ccccc6)nc(-c6ccccn6)n5)cn4)c23)C1(C)C. The Kier molecular flexibility index (Phi) is 6.40. The molecule has 0 spiro atoms. The maximum Gasteiger partial charge on any atom is 0.182 e. The number of aromatic nitrogens is 6. The van der Waals surface area contributed by atoms with Crippen LogP contribution in [0.4, 0.5) is 0 Å². The van der Waals surface area contributed by atoms with Gasteiger partial charge in [0.05, 0.1) is 11.0 Å². The maximum atomic E-state index is 5.12. The van der Waals surface area contributed by atoms with Gasteiger partial charge < -0.3 is 0 Å². The van der Waals surface area contributed by atoms with Gasteiger partial charge in [-0.1, -0.05) is 119 Å². The van der Waals surface area contributed by atoms with Crippen molar-refractivity contribution in [1.29, 1.82) is 0 Å². The van der Waals surface area contributed by atoms with E-state index in [2.05, 4.69) is 110 Å². The zero-order valence-corrected chi connectivity index (χ0v) is 27.9. The lowest BCUT2D eigenvalue weighted by Crippen LogP contribution is -2.43. The van der Waals surface area contributed by atoms with Gasteiger partial charge in [-0.3, -0.25) is 9.55 Å². The normalized spacial score (nSPS) is 14.4. The van der Waals surface area contributed by atoms with Crippen molar-refractivity contribution in [2.75, 3.05) is 0 Å². The van der Waals surface area contributed by atoms with Crippen LogP contribution in [-0.4, -0.2) is 29.5 Å². The van der Waals surface area contributed by atoms with E-state index in [4.69, 9.17) is 19.9 Å². The third-order valence-electron chi connectivity index (χ3n) is 10.7. The van der Waals surface area contributed by atoms with E-state index in [0.717, 1.165) is 22.5 Å². The Morgan fingerprint density at radius 2 is 1.20 bits per heavy atom. The summed E-state index contributed by atoms with van der Waals surface area (Å²) < 4.78 is 2.33. The summed E-state index contributed by atoms with van der Waals surface area (Å²) in [5.41, 5.74) is 9.83. The van der Waals surface area contributed by atoms with Gasteiger partial charge in [0.2, 0.25) is 0 Å². The van der Waals surface area contributed by atoms with E-state index in [1.54, 1.807) is 6.20 Å². The van der Waals surface area contributed by atoms with E-state index < -0.39 is 0 Å². The molecule has 0 saturated carbocycles. The molecule has 9 rings (SSSR count). The second-order valence-electron chi connectivity index (χ2n) is 13.8. The summed E-state index contributed by atoms with van der Waals surface area (Å²) in [7, 11) is 0. The highest BCUT2D eigenvalue weighted by molar-refractivity contribution is 6.15. The Bertz CT molecular complexity index is 2470. The molecular weight excluding hydrogens is 601 g/mol. The molecule has 4 aromatic heterocycles. The first-order valence-electron chi connectivity index (χ1n) is 16.7. The molecule has 6 nitrogen and oxygen atoms in total. The predicted molar refractivity (Wildman–Crippen MR) is 198 cm³/mol. The molecule has 0 bridgehead atoms. The molecule has 0 fully saturated rings. The van der Waals surface area contributed by atoms with Crippen LogP contribution >= 0.6 is 0 Å². The first kappa shape index (κ1) is 29.2. The quantitative estimate of drug-likeness (QED) is 0.193. The van der Waals surface area contributed by atoms with E-state index in [9.17, 15) is 0 Å². The molecule has 0 saturated heterocycles. The summed E-state index contributed by atoms with van der Waals surface area (Å²) in [5, 5.41) is 2.42. The standard InChI is InChI=1S/C43H34N6/c1-42(2)32-18-10-8-17-31(32)37-33(43(42,3)4)23-22-30-29-16-9-11-20-35(29)49(38(30)37)36-24-21-28(26-45-36)40-46-39(27-14-6-5-7-15-27)47-41(48-40)34-19-12-13-25-44-34/h5-26H,1-4H3. The van der Waals surface area contributed by atoms with Crippen LogP contribution in [0.2, 0.25) is 0 Å². The number of rotatable bonds is 4. The van der Waals surface area contributed by atoms with Crippen molar-refractivity contribution in [3.8, 4) is 51.2 Å². The van der Waals surface area contributed by atoms with Crippen LogP contribution in [0.1, 0.15) is 38.8 Å². The summed E-state index contributed by atoms with van der Waals surface area (Å²) in [4.78, 5) is 24.2. The summed E-state index contributed by atoms with van der Waals surface area (Å²) in [6, 6.07) is 42.1. The number of fused-ring (bicyclic) bond motifs is 7. The minimum absolute atomic E-state index is 0.0573. The Labute approximate surface area is 285 Å². The van der Waals surface area contributed by atoms with Gasteiger partial charge in [0.25, 0.3) is 0 Å². The molecule has 0 N–H and O–H groups in total. The number of hydrogen-bond donors (Lipinski definition) is 0. The molecule has 1 aliphatic rings. The second-order valence-corrected chi connectivity index (χ2v) is 13.8. The first-order valence-corrected chi connectivity index (χ1v) is 16.7. The topological polar surface area (TPSA) is 69.4 Å². The third-order valence-corrected chi connectivity index (χ3v) is 10.7. The second kappa shape index (κ2) is 10.8. The monoisotopic (exact) mass is 634 g/mol. The summed E-state index contributed by atoms with van der Waals surface area (Å²) in [6.07, 6.45) is 3.63. The fourth-order valence-electron chi connectivity index (χ4n) is 7.49. The highest BCUT2D eigenvalue weighted by atomic mass is 15.1. The van der Waals surface area contributed by atoms with Crippen molar-refractivity contribution in [3.63, 3.8) is 0 Å². The first-order chi connectivity index (χ1) is 23.8. The molecule has 49 heavy (non-hydrogen) atoms. The maximum absolute atomic E-state index is 5.12. The highest BCUT2D eigenvalue weighted by Gasteiger charge is 2.46. The van der Waals surface area contributed by atoms with Gasteiger partial charge in [0.15, 0.2) is 17.5 Å². The molecule has 0 aliphatic heterocycles. The molecule has 0 radical (unpaired) electrons. The lowest BCUT2D eigenvalue weighted by Gasteiger charge is -2.48. The lowest BCUT2D eigenvalue weighted by molar-refractivity contribution is 0.299. The van der Waals surface area contributed by atoms with Crippen molar-refractivity contribution in [2.45, 2.75) is 38.5 Å². The smallest absolute Gasteiger partial charge is 0.182 e. The Morgan fingerprint density at radius 1 is 0.510 bits per heavy atom. The van der Waals surface area contributed by atoms with Gasteiger partial charge in [-0.25, -0.2) is 19.9 Å². The van der Waals surface area contributed by atoms with Gasteiger partial charge in [0.1, 0.15) is 11.5 Å². The van der Waals surface area contributed by atoms with E-state index in [0.29, 0.717) is 23.2 Å². The van der Waals surface area contributed by atoms with Gasteiger partial charge in [0, 0.05) is 39.9 Å². The van der Waals surface area contributed by atoms with E-state index in [-0.39, 0.29) is 10.8 Å². The van der Waals surface area contributed by atoms with Crippen LogP contribution in [0.3, 0.4) is 0 Å². The van der Waals surface area contributed by atoms with Crippen molar-refractivity contribution in [2.24, 2.45) is 0 Å². The van der Waals surface area contributed by atoms with Gasteiger partial charge in [-0.15, -0.1) is 0 Å². The van der Waals surface area contributed by atoms with Crippen LogP contribution < -0.4 is 0 Å². The van der Waals surface area contributed by atoms with Crippen molar-refractivity contribution < 1.29 is 0 Å². The van der Waals surface area contributed by atoms with Gasteiger partial charge >= 0.3 is 0 Å². The van der Waals surface area contributed by atoms with Crippen molar-refractivity contribution in [1.82, 2.24) is 29.5 Å². The number of benzene rings is 4. The Balaban J connectivity index is 1.26. The van der Waals surface area contributed by atoms with E-state index in [1.807, 2.05) is 54.7 Å². The molecule has 4 heterocycles. The summed E-state index contributed by atoms with van der Waals surface area (Å²) in [5.74, 6) is 2.50. The molecular formula is C43H34N6. The van der Waals surface area contributed by atoms with E-state index >= 15 is 0 Å². The zero-order valence-electron chi connectivity index (χ0n) is 27.9. The number of pyridine rings is 2. The van der Waals surface area contributed by atoms with Crippen LogP contribution in [0.5, 0.6) is 0 Å². The predicted octanol–water partition coefficient (Wildman–Crippen LogP) is 10.00. The van der Waals surface area contributed by atoms with Crippen LogP contribution in [-0.2, 0) is 10.8 Å². The molecule has 236 valence electrons. The van der Waals surface area contributed by atoms with Crippen LogP contribution in [0.15, 0.2) is 134 Å². The van der Waals surface area contributed by atoms with Crippen molar-refractivity contribution >= 4 is 21.8 Å². The molecule has 4 aromatic carbocycles. The average Bonchev–Trinajstić information content (AvgIpc) is 3.49. The van der Waals surface area contributed by atoms with Crippen molar-refractivity contribution in [3.05, 3.63) is 145 Å². The summed E-state index contributed by atoms with van der Waals surface area (Å²) in [6.45, 7) is 9.51. The Hall–Kier alpha value is -6.01. The van der Waals surface area contributed by atoms with Gasteiger partial charge in [-0.2, -0.15) is 0 Å². The molecule has 1 aliphatic carbocycles. The average molecular weight is 635 g/mol. The minimum atomic E-state index is -0.107. The van der Waals surface area contributed by atoms with Crippen LogP contribution in [0, 0.1) is 0 Å². The molecule has 8 aromatic rings. The fourth-order valence-corrected chi connectivity index (χ4v) is 7.49. The molecule has 0 amide bonds. The van der Waals surface area contributed by atoms with Gasteiger partial charge in [-0.05, 0) is 57.9 Å². The number of nitrogens with zero attached hydrogens (tertiary/aromatic N) is 6. The molecule has 0 unspecified atom stereocenters. The third kappa shape index (κ3) is 4.37. The highest BCUT2D eigenvalue weighted by Crippen LogP contribution is 2.56. The molecule has 0 atom stereocenters. The fraction of sp³-hybridized carbons (Fsp3) is 0.140. The number of hydrogen-bond acceptors (Lipinski definition) is 5. The van der Waals surface area contributed by atoms with Crippen LogP contribution in [0.25, 0.3) is 73.0 Å². The zero-order chi connectivity index (χ0) is 33.3. The largest absolute Gasteiger partial charge is 0.293 e. The number of para-hydroxylation sites is 1. The summed E-state index contributed by atoms with van der Waals surface area (Å²) >= 11 is 0. The van der Waals surface area contributed by atoms with E-state index in [1.165, 1.54) is 38.5 Å². The minimum Gasteiger partial charge on any atom is -0.293 e. The Morgan fingerprint density at radius 3 is 1.98 bits per heavy atom. The lowest BCUT2D eigenvalue weighted by atomic mass is 9.55.